The minimum atomic E-state index is -0.128. The van der Waals surface area contributed by atoms with Crippen LogP contribution < -0.4 is 10.2 Å². The molecule has 0 aliphatic carbocycles. The minimum absolute atomic E-state index is 0.128. The number of anilines is 2. The summed E-state index contributed by atoms with van der Waals surface area (Å²) < 4.78 is 0. The zero-order valence-corrected chi connectivity index (χ0v) is 16.7. The van der Waals surface area contributed by atoms with Crippen LogP contribution in [0.15, 0.2) is 64.6 Å². The summed E-state index contributed by atoms with van der Waals surface area (Å²) in [6.45, 7) is 3.92. The molecule has 0 aliphatic rings. The van der Waals surface area contributed by atoms with E-state index < -0.39 is 0 Å². The van der Waals surface area contributed by atoms with Crippen LogP contribution in [0.3, 0.4) is 0 Å². The molecule has 0 aliphatic heterocycles. The van der Waals surface area contributed by atoms with Crippen LogP contribution in [0.2, 0.25) is 0 Å². The summed E-state index contributed by atoms with van der Waals surface area (Å²) in [6, 6.07) is 17.2. The van der Waals surface area contributed by atoms with Gasteiger partial charge in [0.05, 0.1) is 0 Å². The molecule has 6 heteroatoms. The maximum atomic E-state index is 12.5. The molecule has 3 rings (SSSR count). The summed E-state index contributed by atoms with van der Waals surface area (Å²) in [4.78, 5) is 24.4. The van der Waals surface area contributed by atoms with E-state index in [1.54, 1.807) is 0 Å². The molecular weight excluding hydrogens is 356 g/mol. The number of carbonyl (C=O) groups excluding carboxylic acids is 1. The van der Waals surface area contributed by atoms with Crippen molar-refractivity contribution in [2.45, 2.75) is 23.9 Å². The molecule has 1 aromatic heterocycles. The van der Waals surface area contributed by atoms with Gasteiger partial charge < -0.3 is 10.2 Å². The third-order valence-electron chi connectivity index (χ3n) is 3.91. The van der Waals surface area contributed by atoms with Gasteiger partial charge in [0.1, 0.15) is 0 Å². The van der Waals surface area contributed by atoms with Crippen LogP contribution >= 0.6 is 11.8 Å². The molecule has 0 fully saturated rings. The van der Waals surface area contributed by atoms with Gasteiger partial charge in [0.15, 0.2) is 5.16 Å². The average molecular weight is 379 g/mol. The van der Waals surface area contributed by atoms with Crippen molar-refractivity contribution in [2.24, 2.45) is 0 Å². The summed E-state index contributed by atoms with van der Waals surface area (Å²) in [6.07, 6.45) is 0. The molecule has 0 bridgehead atoms. The Labute approximate surface area is 163 Å². The first-order valence-electron chi connectivity index (χ1n) is 8.59. The normalized spacial score (nSPS) is 10.5. The molecule has 3 aromatic rings. The van der Waals surface area contributed by atoms with E-state index in [0.717, 1.165) is 32.8 Å². The summed E-state index contributed by atoms with van der Waals surface area (Å²) in [5.74, 6) is -0.128. The molecule has 27 heavy (non-hydrogen) atoms. The predicted octanol–water partition coefficient (Wildman–Crippen LogP) is 4.56. The largest absolute Gasteiger partial charge is 0.378 e. The maximum Gasteiger partial charge on any atom is 0.255 e. The first-order valence-corrected chi connectivity index (χ1v) is 9.41. The summed E-state index contributed by atoms with van der Waals surface area (Å²) in [7, 11) is 3.90. The summed E-state index contributed by atoms with van der Waals surface area (Å²) >= 11 is 1.50. The topological polar surface area (TPSA) is 58.1 Å². The highest BCUT2D eigenvalue weighted by Crippen LogP contribution is 2.26. The Bertz CT molecular complexity index is 934. The fourth-order valence-corrected chi connectivity index (χ4v) is 3.44. The molecule has 0 saturated heterocycles. The Kier molecular flexibility index (Phi) is 5.76. The van der Waals surface area contributed by atoms with Gasteiger partial charge in [-0.05, 0) is 74.1 Å². The Hall–Kier alpha value is -2.86. The monoisotopic (exact) mass is 378 g/mol. The van der Waals surface area contributed by atoms with Crippen LogP contribution in [0.5, 0.6) is 0 Å². The number of amides is 1. The van der Waals surface area contributed by atoms with Crippen LogP contribution in [-0.2, 0) is 0 Å². The fraction of sp³-hybridized carbons (Fsp3) is 0.190. The second kappa shape index (κ2) is 8.22. The van der Waals surface area contributed by atoms with Crippen LogP contribution in [-0.4, -0.2) is 30.0 Å². The van der Waals surface area contributed by atoms with Crippen LogP contribution in [0.1, 0.15) is 21.7 Å². The van der Waals surface area contributed by atoms with Crippen LogP contribution in [0, 0.1) is 13.8 Å². The second-order valence-corrected chi connectivity index (χ2v) is 7.50. The number of aryl methyl sites for hydroxylation is 2. The van der Waals surface area contributed by atoms with Gasteiger partial charge in [0.2, 0.25) is 0 Å². The smallest absolute Gasteiger partial charge is 0.255 e. The highest BCUT2D eigenvalue weighted by molar-refractivity contribution is 7.99. The Morgan fingerprint density at radius 2 is 1.63 bits per heavy atom. The molecule has 5 nitrogen and oxygen atoms in total. The summed E-state index contributed by atoms with van der Waals surface area (Å²) in [5, 5.41) is 3.66. The molecule has 1 heterocycles. The second-order valence-electron chi connectivity index (χ2n) is 6.46. The lowest BCUT2D eigenvalue weighted by molar-refractivity contribution is 0.102. The van der Waals surface area contributed by atoms with Crippen molar-refractivity contribution in [3.63, 3.8) is 0 Å². The minimum Gasteiger partial charge on any atom is -0.378 e. The molecule has 0 radical (unpaired) electrons. The Morgan fingerprint density at radius 1 is 0.963 bits per heavy atom. The van der Waals surface area contributed by atoms with Gasteiger partial charge in [-0.1, -0.05) is 6.07 Å². The lowest BCUT2D eigenvalue weighted by Gasteiger charge is -2.13. The zero-order valence-electron chi connectivity index (χ0n) is 15.9. The van der Waals surface area contributed by atoms with Crippen molar-refractivity contribution in [2.75, 3.05) is 24.3 Å². The number of nitrogens with zero attached hydrogens (tertiary/aromatic N) is 3. The summed E-state index contributed by atoms with van der Waals surface area (Å²) in [5.41, 5.74) is 4.27. The Balaban J connectivity index is 1.68. The van der Waals surface area contributed by atoms with E-state index in [9.17, 15) is 4.79 Å². The van der Waals surface area contributed by atoms with Crippen LogP contribution in [0.25, 0.3) is 0 Å². The molecule has 138 valence electrons. The molecule has 0 saturated carbocycles. The SMILES string of the molecule is Cc1cc(C)nc(Sc2ccc(NC(=O)c3cccc(N(C)C)c3)cc2)n1. The molecular formula is C21H22N4OS. The van der Waals surface area contributed by atoms with Crippen molar-refractivity contribution in [1.82, 2.24) is 9.97 Å². The fourth-order valence-electron chi connectivity index (χ4n) is 2.58. The number of benzene rings is 2. The number of rotatable bonds is 5. The number of hydrogen-bond donors (Lipinski definition) is 1. The number of carbonyl (C=O) groups is 1. The lowest BCUT2D eigenvalue weighted by atomic mass is 10.1. The van der Waals surface area contributed by atoms with Crippen molar-refractivity contribution < 1.29 is 4.79 Å². The van der Waals surface area contributed by atoms with Crippen molar-refractivity contribution >= 4 is 29.0 Å². The van der Waals surface area contributed by atoms with E-state index in [-0.39, 0.29) is 5.91 Å². The average Bonchev–Trinajstić information content (AvgIpc) is 2.62. The first-order chi connectivity index (χ1) is 12.9. The van der Waals surface area contributed by atoms with Gasteiger partial charge in [-0.3, -0.25) is 4.79 Å². The Morgan fingerprint density at radius 3 is 2.26 bits per heavy atom. The number of hydrogen-bond acceptors (Lipinski definition) is 5. The third-order valence-corrected chi connectivity index (χ3v) is 4.78. The van der Waals surface area contributed by atoms with E-state index in [1.807, 2.05) is 87.4 Å². The standard InChI is InChI=1S/C21H22N4OS/c1-14-12-15(2)23-21(22-14)27-19-10-8-17(9-11-19)24-20(26)16-6-5-7-18(13-16)25(3)4/h5-13H,1-4H3,(H,24,26). The van der Waals surface area contributed by atoms with Gasteiger partial charge >= 0.3 is 0 Å². The lowest BCUT2D eigenvalue weighted by Crippen LogP contribution is -2.14. The third kappa shape index (κ3) is 5.08. The molecule has 1 amide bonds. The van der Waals surface area contributed by atoms with Crippen LogP contribution in [0.4, 0.5) is 11.4 Å². The van der Waals surface area contributed by atoms with Gasteiger partial charge in [-0.2, -0.15) is 0 Å². The molecule has 1 N–H and O–H groups in total. The highest BCUT2D eigenvalue weighted by atomic mass is 32.2. The van der Waals surface area contributed by atoms with E-state index in [4.69, 9.17) is 0 Å². The van der Waals surface area contributed by atoms with E-state index in [0.29, 0.717) is 5.56 Å². The van der Waals surface area contributed by atoms with E-state index in [2.05, 4.69) is 15.3 Å². The molecule has 2 aromatic carbocycles. The predicted molar refractivity (Wildman–Crippen MR) is 111 cm³/mol. The zero-order chi connectivity index (χ0) is 19.4. The molecule has 0 unspecified atom stereocenters. The highest BCUT2D eigenvalue weighted by Gasteiger charge is 2.08. The first kappa shape index (κ1) is 18.9. The number of aromatic nitrogens is 2. The van der Waals surface area contributed by atoms with Crippen molar-refractivity contribution in [3.8, 4) is 0 Å². The van der Waals surface area contributed by atoms with E-state index >= 15 is 0 Å². The number of nitrogens with one attached hydrogen (secondary N) is 1. The molecule has 0 atom stereocenters. The van der Waals surface area contributed by atoms with Gasteiger partial charge in [-0.25, -0.2) is 9.97 Å². The van der Waals surface area contributed by atoms with Gasteiger partial charge in [0, 0.05) is 47.3 Å². The van der Waals surface area contributed by atoms with Gasteiger partial charge in [-0.15, -0.1) is 0 Å². The molecule has 0 spiro atoms. The quantitative estimate of drug-likeness (QED) is 0.660. The van der Waals surface area contributed by atoms with E-state index in [1.165, 1.54) is 11.8 Å². The van der Waals surface area contributed by atoms with Crippen molar-refractivity contribution in [1.29, 1.82) is 0 Å². The van der Waals surface area contributed by atoms with Gasteiger partial charge in [0.25, 0.3) is 5.91 Å². The maximum absolute atomic E-state index is 12.5. The van der Waals surface area contributed by atoms with Crippen molar-refractivity contribution in [3.05, 3.63) is 71.5 Å².